The van der Waals surface area contributed by atoms with Gasteiger partial charge in [-0.3, -0.25) is 0 Å². The van der Waals surface area contributed by atoms with Crippen LogP contribution >= 0.6 is 0 Å². The number of nitrogens with zero attached hydrogens (tertiary/aromatic N) is 6. The van der Waals surface area contributed by atoms with Crippen LogP contribution in [0.2, 0.25) is 0 Å². The van der Waals surface area contributed by atoms with Crippen molar-refractivity contribution in [2.24, 2.45) is 0 Å². The highest BCUT2D eigenvalue weighted by Crippen LogP contribution is 2.10. The van der Waals surface area contributed by atoms with E-state index in [0.29, 0.717) is 13.1 Å². The van der Waals surface area contributed by atoms with Gasteiger partial charge in [0.25, 0.3) is 0 Å². The van der Waals surface area contributed by atoms with Crippen LogP contribution in [0.25, 0.3) is 22.1 Å². The van der Waals surface area contributed by atoms with E-state index in [0.717, 1.165) is 22.1 Å². The van der Waals surface area contributed by atoms with Crippen molar-refractivity contribution in [1.82, 2.24) is 30.0 Å². The first kappa shape index (κ1) is 12.7. The van der Waals surface area contributed by atoms with Gasteiger partial charge in [0.05, 0.1) is 24.1 Å². The summed E-state index contributed by atoms with van der Waals surface area (Å²) in [4.78, 5) is 0. The van der Waals surface area contributed by atoms with Gasteiger partial charge >= 0.3 is 0 Å². The summed E-state index contributed by atoms with van der Waals surface area (Å²) in [6.07, 6.45) is 4.13. The number of benzene rings is 2. The fourth-order valence-corrected chi connectivity index (χ4v) is 2.45. The van der Waals surface area contributed by atoms with Gasteiger partial charge in [-0.1, -0.05) is 46.8 Å². The fourth-order valence-electron chi connectivity index (χ4n) is 2.45. The summed E-state index contributed by atoms with van der Waals surface area (Å²) in [6.45, 7) is 1.38. The van der Waals surface area contributed by atoms with E-state index < -0.39 is 0 Å². The van der Waals surface area contributed by atoms with Crippen LogP contribution in [0.3, 0.4) is 0 Å². The molecule has 0 N–H and O–H groups in total. The van der Waals surface area contributed by atoms with Crippen molar-refractivity contribution in [3.05, 3.63) is 60.7 Å². The third-order valence-electron chi connectivity index (χ3n) is 3.56. The number of para-hydroxylation sites is 2. The molecule has 108 valence electrons. The lowest BCUT2D eigenvalue weighted by Gasteiger charge is -1.98. The molecule has 2 heterocycles. The molecule has 22 heavy (non-hydrogen) atoms. The maximum Gasteiger partial charge on any atom is 0.113 e. The normalized spacial score (nSPS) is 11.8. The molecule has 0 saturated heterocycles. The van der Waals surface area contributed by atoms with Crippen molar-refractivity contribution in [2.75, 3.05) is 0 Å². The lowest BCUT2D eigenvalue weighted by atomic mass is 10.3. The van der Waals surface area contributed by atoms with Crippen molar-refractivity contribution in [1.29, 1.82) is 0 Å². The molecule has 0 aliphatic heterocycles. The maximum atomic E-state index is 4.16. The Morgan fingerprint density at radius 2 is 1.14 bits per heavy atom. The quantitative estimate of drug-likeness (QED) is 0.542. The van der Waals surface area contributed by atoms with E-state index in [2.05, 4.69) is 32.8 Å². The highest BCUT2D eigenvalue weighted by Gasteiger charge is 2.02. The summed E-state index contributed by atoms with van der Waals surface area (Å²) >= 11 is 0. The Hall–Kier alpha value is -3.02. The predicted octanol–water partition coefficient (Wildman–Crippen LogP) is 2.43. The Labute approximate surface area is 126 Å². The second-order valence-electron chi connectivity index (χ2n) is 4.99. The summed E-state index contributed by atoms with van der Waals surface area (Å²) in [5.74, 6) is 0. The molecule has 2 aromatic heterocycles. The van der Waals surface area contributed by atoms with Crippen LogP contribution in [-0.2, 0) is 13.1 Å². The van der Waals surface area contributed by atoms with Gasteiger partial charge in [0.2, 0.25) is 0 Å². The summed E-state index contributed by atoms with van der Waals surface area (Å²) in [7, 11) is 0. The molecular formula is C16H14N6. The van der Waals surface area contributed by atoms with E-state index in [1.54, 1.807) is 0 Å². The van der Waals surface area contributed by atoms with E-state index in [1.165, 1.54) is 0 Å². The zero-order valence-corrected chi connectivity index (χ0v) is 11.9. The summed E-state index contributed by atoms with van der Waals surface area (Å²) in [5, 5.41) is 16.6. The number of aromatic nitrogens is 6. The van der Waals surface area contributed by atoms with Gasteiger partial charge in [-0.15, -0.1) is 10.2 Å². The number of hydrogen-bond acceptors (Lipinski definition) is 4. The first-order valence-corrected chi connectivity index (χ1v) is 7.13. The molecule has 0 bridgehead atoms. The predicted molar refractivity (Wildman–Crippen MR) is 84.2 cm³/mol. The van der Waals surface area contributed by atoms with Gasteiger partial charge in [0, 0.05) is 0 Å². The minimum atomic E-state index is 0.688. The van der Waals surface area contributed by atoms with Crippen LogP contribution in [0.4, 0.5) is 0 Å². The molecular weight excluding hydrogens is 276 g/mol. The van der Waals surface area contributed by atoms with Crippen molar-refractivity contribution in [3.8, 4) is 0 Å². The smallest absolute Gasteiger partial charge is 0.113 e. The van der Waals surface area contributed by atoms with E-state index >= 15 is 0 Å². The Balaban J connectivity index is 1.49. The molecule has 0 amide bonds. The van der Waals surface area contributed by atoms with Gasteiger partial charge in [0.1, 0.15) is 11.0 Å². The van der Waals surface area contributed by atoms with Crippen LogP contribution in [0.5, 0.6) is 0 Å². The number of allylic oxidation sites excluding steroid dienone is 2. The zero-order chi connectivity index (χ0) is 14.8. The lowest BCUT2D eigenvalue weighted by Crippen LogP contribution is -2.00. The first-order valence-electron chi connectivity index (χ1n) is 7.13. The molecule has 6 heteroatoms. The third kappa shape index (κ3) is 2.24. The van der Waals surface area contributed by atoms with Crippen LogP contribution in [0.15, 0.2) is 60.7 Å². The zero-order valence-electron chi connectivity index (χ0n) is 11.9. The fraction of sp³-hybridized carbons (Fsp3) is 0.125. The molecule has 0 atom stereocenters. The van der Waals surface area contributed by atoms with Crippen molar-refractivity contribution in [3.63, 3.8) is 0 Å². The van der Waals surface area contributed by atoms with E-state index in [9.17, 15) is 0 Å². The van der Waals surface area contributed by atoms with Crippen molar-refractivity contribution in [2.45, 2.75) is 13.1 Å². The van der Waals surface area contributed by atoms with Gasteiger partial charge in [-0.2, -0.15) is 0 Å². The molecule has 4 aromatic rings. The Morgan fingerprint density at radius 1 is 0.682 bits per heavy atom. The minimum Gasteiger partial charge on any atom is -0.241 e. The Kier molecular flexibility index (Phi) is 3.12. The summed E-state index contributed by atoms with van der Waals surface area (Å²) in [5.41, 5.74) is 3.91. The number of hydrogen-bond donors (Lipinski definition) is 0. The molecule has 4 rings (SSSR count). The standard InChI is InChI=1S/C16H14N6/c1-3-9-15-13(7-1)17-19-21(15)11-5-6-12-22-16-10-4-2-8-14(16)18-20-22/h1-10H,11-12H2/b6-5+. The maximum absolute atomic E-state index is 4.16. The monoisotopic (exact) mass is 290 g/mol. The highest BCUT2D eigenvalue weighted by atomic mass is 15.4. The average Bonchev–Trinajstić information content (AvgIpc) is 3.16. The molecule has 0 spiro atoms. The van der Waals surface area contributed by atoms with Crippen molar-refractivity contribution >= 4 is 22.1 Å². The van der Waals surface area contributed by atoms with Gasteiger partial charge in [-0.05, 0) is 24.3 Å². The molecule has 0 saturated carbocycles. The highest BCUT2D eigenvalue weighted by molar-refractivity contribution is 5.74. The van der Waals surface area contributed by atoms with Crippen molar-refractivity contribution < 1.29 is 0 Å². The molecule has 0 fully saturated rings. The first-order chi connectivity index (χ1) is 10.9. The lowest BCUT2D eigenvalue weighted by molar-refractivity contribution is 0.663. The number of rotatable bonds is 4. The molecule has 2 aromatic carbocycles. The molecule has 0 aliphatic carbocycles. The van der Waals surface area contributed by atoms with Crippen LogP contribution in [0, 0.1) is 0 Å². The average molecular weight is 290 g/mol. The topological polar surface area (TPSA) is 61.4 Å². The molecule has 0 radical (unpaired) electrons. The molecule has 0 aliphatic rings. The van der Waals surface area contributed by atoms with E-state index in [4.69, 9.17) is 0 Å². The van der Waals surface area contributed by atoms with E-state index in [1.807, 2.05) is 57.9 Å². The van der Waals surface area contributed by atoms with Gasteiger partial charge in [-0.25, -0.2) is 9.36 Å². The number of fused-ring (bicyclic) bond motifs is 2. The summed E-state index contributed by atoms with van der Waals surface area (Å²) < 4.78 is 3.76. The molecule has 6 nitrogen and oxygen atoms in total. The van der Waals surface area contributed by atoms with Gasteiger partial charge in [0.15, 0.2) is 0 Å². The minimum absolute atomic E-state index is 0.688. The summed E-state index contributed by atoms with van der Waals surface area (Å²) in [6, 6.07) is 15.9. The second kappa shape index (κ2) is 5.40. The second-order valence-corrected chi connectivity index (χ2v) is 4.99. The SMILES string of the molecule is C(=C\Cn1nnc2ccccc21)/Cn1nnc2ccccc21. The Morgan fingerprint density at radius 3 is 1.64 bits per heavy atom. The Bertz CT molecular complexity index is 871. The van der Waals surface area contributed by atoms with Crippen LogP contribution in [0.1, 0.15) is 0 Å². The van der Waals surface area contributed by atoms with Crippen LogP contribution in [-0.4, -0.2) is 30.0 Å². The van der Waals surface area contributed by atoms with Gasteiger partial charge < -0.3 is 0 Å². The third-order valence-corrected chi connectivity index (χ3v) is 3.56. The largest absolute Gasteiger partial charge is 0.241 e. The molecule has 0 unspecified atom stereocenters. The van der Waals surface area contributed by atoms with E-state index in [-0.39, 0.29) is 0 Å². The van der Waals surface area contributed by atoms with Crippen LogP contribution < -0.4 is 0 Å².